The second-order valence-electron chi connectivity index (χ2n) is 3.68. The first kappa shape index (κ1) is 15.4. The van der Waals surface area contributed by atoms with Gasteiger partial charge in [0.1, 0.15) is 0 Å². The van der Waals surface area contributed by atoms with Crippen molar-refractivity contribution in [1.82, 2.24) is 0 Å². The highest BCUT2D eigenvalue weighted by molar-refractivity contribution is 5.93. The summed E-state index contributed by atoms with van der Waals surface area (Å²) in [6.45, 7) is 11.3. The zero-order chi connectivity index (χ0) is 13.3. The van der Waals surface area contributed by atoms with Gasteiger partial charge in [-0.05, 0) is 50.0 Å². The average molecular weight is 230 g/mol. The average Bonchev–Trinajstić information content (AvgIpc) is 2.33. The van der Waals surface area contributed by atoms with Gasteiger partial charge in [0.15, 0.2) is 5.78 Å². The molecule has 0 heterocycles. The molecule has 0 unspecified atom stereocenters. The van der Waals surface area contributed by atoms with Gasteiger partial charge in [-0.15, -0.1) is 0 Å². The standard InChI is InChI=1S/C16H22O/c1-6-10-11-14(7-2)16(9-4)12-15(8-3)13(5)17/h6-7,9-12H,2,8H2,1,3-5H3/b10-6-,14-11+,15-12+,16-9+. The summed E-state index contributed by atoms with van der Waals surface area (Å²) < 4.78 is 0. The maximum Gasteiger partial charge on any atom is 0.155 e. The van der Waals surface area contributed by atoms with Crippen LogP contribution in [-0.4, -0.2) is 5.78 Å². The minimum atomic E-state index is 0.126. The molecule has 1 nitrogen and oxygen atoms in total. The Bertz CT molecular complexity index is 390. The molecule has 0 aliphatic heterocycles. The van der Waals surface area contributed by atoms with Crippen LogP contribution in [0.15, 0.2) is 59.8 Å². The van der Waals surface area contributed by atoms with Crippen LogP contribution in [0.25, 0.3) is 0 Å². The van der Waals surface area contributed by atoms with Gasteiger partial charge in [0.25, 0.3) is 0 Å². The zero-order valence-corrected chi connectivity index (χ0v) is 11.3. The topological polar surface area (TPSA) is 17.1 Å². The van der Waals surface area contributed by atoms with Gasteiger partial charge in [-0.25, -0.2) is 0 Å². The van der Waals surface area contributed by atoms with Crippen molar-refractivity contribution in [3.63, 3.8) is 0 Å². The van der Waals surface area contributed by atoms with Gasteiger partial charge in [0.05, 0.1) is 0 Å². The molecule has 0 bridgehead atoms. The van der Waals surface area contributed by atoms with Crippen molar-refractivity contribution in [2.45, 2.75) is 34.1 Å². The molecule has 0 aromatic carbocycles. The Labute approximate surface area is 105 Å². The number of allylic oxidation sites excluding steroid dienone is 9. The lowest BCUT2D eigenvalue weighted by molar-refractivity contribution is -0.113. The second-order valence-corrected chi connectivity index (χ2v) is 3.68. The summed E-state index contributed by atoms with van der Waals surface area (Å²) in [6, 6.07) is 0. The molecule has 0 saturated carbocycles. The van der Waals surface area contributed by atoms with Gasteiger partial charge in [0, 0.05) is 0 Å². The Balaban J connectivity index is 5.35. The molecule has 0 fully saturated rings. The minimum Gasteiger partial charge on any atom is -0.295 e. The van der Waals surface area contributed by atoms with E-state index in [1.54, 1.807) is 13.0 Å². The third kappa shape index (κ3) is 5.30. The SMILES string of the molecule is C=CC(=C\C=C/C)/C(/C=C(\CC)C(C)=O)=C/C. The number of rotatable bonds is 6. The monoisotopic (exact) mass is 230 g/mol. The fourth-order valence-electron chi connectivity index (χ4n) is 1.46. The lowest BCUT2D eigenvalue weighted by Gasteiger charge is -2.05. The Hall–Kier alpha value is -1.63. The molecule has 0 saturated heterocycles. The third-order valence-corrected chi connectivity index (χ3v) is 2.50. The molecular weight excluding hydrogens is 208 g/mol. The molecule has 92 valence electrons. The van der Waals surface area contributed by atoms with Gasteiger partial charge in [-0.2, -0.15) is 0 Å². The van der Waals surface area contributed by atoms with E-state index in [-0.39, 0.29) is 5.78 Å². The molecule has 0 aromatic rings. The normalized spacial score (nSPS) is 14.2. The van der Waals surface area contributed by atoms with Crippen molar-refractivity contribution in [2.24, 2.45) is 0 Å². The highest BCUT2D eigenvalue weighted by Gasteiger charge is 2.03. The van der Waals surface area contributed by atoms with Crippen LogP contribution in [0.5, 0.6) is 0 Å². The largest absolute Gasteiger partial charge is 0.295 e. The van der Waals surface area contributed by atoms with Crippen molar-refractivity contribution in [2.75, 3.05) is 0 Å². The molecule has 1 heteroatoms. The van der Waals surface area contributed by atoms with E-state index < -0.39 is 0 Å². The van der Waals surface area contributed by atoms with Crippen LogP contribution in [0.2, 0.25) is 0 Å². The van der Waals surface area contributed by atoms with Crippen molar-refractivity contribution in [3.8, 4) is 0 Å². The molecule has 17 heavy (non-hydrogen) atoms. The van der Waals surface area contributed by atoms with E-state index in [1.165, 1.54) is 0 Å². The highest BCUT2D eigenvalue weighted by Crippen LogP contribution is 2.17. The smallest absolute Gasteiger partial charge is 0.155 e. The predicted molar refractivity (Wildman–Crippen MR) is 75.9 cm³/mol. The zero-order valence-electron chi connectivity index (χ0n) is 11.3. The summed E-state index contributed by atoms with van der Waals surface area (Å²) >= 11 is 0. The summed E-state index contributed by atoms with van der Waals surface area (Å²) in [6.07, 6.45) is 12.4. The quantitative estimate of drug-likeness (QED) is 0.483. The van der Waals surface area contributed by atoms with Crippen molar-refractivity contribution < 1.29 is 4.79 Å². The van der Waals surface area contributed by atoms with E-state index in [0.717, 1.165) is 23.1 Å². The molecule has 0 aromatic heterocycles. The molecule has 0 radical (unpaired) electrons. The number of ketones is 1. The van der Waals surface area contributed by atoms with Crippen molar-refractivity contribution in [1.29, 1.82) is 0 Å². The van der Waals surface area contributed by atoms with Crippen molar-refractivity contribution in [3.05, 3.63) is 59.8 Å². The second kappa shape index (κ2) is 8.51. The Morgan fingerprint density at radius 2 is 1.88 bits per heavy atom. The van der Waals surface area contributed by atoms with E-state index in [0.29, 0.717) is 0 Å². The highest BCUT2D eigenvalue weighted by atomic mass is 16.1. The molecular formula is C16H22O. The van der Waals surface area contributed by atoms with Gasteiger partial charge in [-0.1, -0.05) is 43.9 Å². The van der Waals surface area contributed by atoms with Gasteiger partial charge >= 0.3 is 0 Å². The summed E-state index contributed by atoms with van der Waals surface area (Å²) in [5.41, 5.74) is 2.90. The lowest BCUT2D eigenvalue weighted by atomic mass is 9.99. The van der Waals surface area contributed by atoms with Crippen molar-refractivity contribution >= 4 is 5.78 Å². The van der Waals surface area contributed by atoms with Crippen LogP contribution in [0.1, 0.15) is 34.1 Å². The number of carbonyl (C=O) groups is 1. The van der Waals surface area contributed by atoms with E-state index >= 15 is 0 Å². The first-order chi connectivity index (χ1) is 8.10. The molecule has 0 N–H and O–H groups in total. The van der Waals surface area contributed by atoms with Crippen LogP contribution in [0.3, 0.4) is 0 Å². The number of hydrogen-bond acceptors (Lipinski definition) is 1. The van der Waals surface area contributed by atoms with Gasteiger partial charge in [-0.3, -0.25) is 4.79 Å². The van der Waals surface area contributed by atoms with E-state index in [4.69, 9.17) is 0 Å². The third-order valence-electron chi connectivity index (χ3n) is 2.50. The lowest BCUT2D eigenvalue weighted by Crippen LogP contribution is -1.96. The molecule has 0 atom stereocenters. The summed E-state index contributed by atoms with van der Waals surface area (Å²) in [5.74, 6) is 0.126. The Kier molecular flexibility index (Phi) is 7.70. The summed E-state index contributed by atoms with van der Waals surface area (Å²) in [7, 11) is 0. The first-order valence-corrected chi connectivity index (χ1v) is 5.94. The number of Topliss-reactive ketones (excluding diaryl/α,β-unsaturated/α-hetero) is 1. The molecule has 0 amide bonds. The maximum atomic E-state index is 11.4. The molecule has 0 rings (SSSR count). The number of carbonyl (C=O) groups excluding carboxylic acids is 1. The van der Waals surface area contributed by atoms with Crippen LogP contribution in [-0.2, 0) is 4.79 Å². The van der Waals surface area contributed by atoms with Gasteiger partial charge in [0.2, 0.25) is 0 Å². The van der Waals surface area contributed by atoms with Crippen LogP contribution < -0.4 is 0 Å². The number of hydrogen-bond donors (Lipinski definition) is 0. The van der Waals surface area contributed by atoms with Gasteiger partial charge < -0.3 is 0 Å². The molecule has 0 aliphatic carbocycles. The fraction of sp³-hybridized carbons (Fsp3) is 0.312. The maximum absolute atomic E-state index is 11.4. The Morgan fingerprint density at radius 1 is 1.24 bits per heavy atom. The van der Waals surface area contributed by atoms with E-state index in [1.807, 2.05) is 51.2 Å². The molecule has 0 aliphatic rings. The van der Waals surface area contributed by atoms with Crippen LogP contribution in [0.4, 0.5) is 0 Å². The minimum absolute atomic E-state index is 0.126. The summed E-state index contributed by atoms with van der Waals surface area (Å²) in [5, 5.41) is 0. The first-order valence-electron chi connectivity index (χ1n) is 5.94. The fourth-order valence-corrected chi connectivity index (χ4v) is 1.46. The molecule has 0 spiro atoms. The summed E-state index contributed by atoms with van der Waals surface area (Å²) in [4.78, 5) is 11.4. The van der Waals surface area contributed by atoms with E-state index in [9.17, 15) is 4.79 Å². The Morgan fingerprint density at radius 3 is 2.24 bits per heavy atom. The predicted octanol–water partition coefficient (Wildman–Crippen LogP) is 4.55. The van der Waals surface area contributed by atoms with E-state index in [2.05, 4.69) is 6.58 Å². The van der Waals surface area contributed by atoms with Crippen LogP contribution in [0, 0.1) is 0 Å². The van der Waals surface area contributed by atoms with Crippen LogP contribution >= 0.6 is 0 Å².